The summed E-state index contributed by atoms with van der Waals surface area (Å²) in [6, 6.07) is 5.13. The zero-order valence-corrected chi connectivity index (χ0v) is 9.55. The van der Waals surface area contributed by atoms with Gasteiger partial charge in [0.15, 0.2) is 0 Å². The summed E-state index contributed by atoms with van der Waals surface area (Å²) >= 11 is 11.7. The molecule has 2 N–H and O–H groups in total. The Balaban J connectivity index is 2.25. The van der Waals surface area contributed by atoms with E-state index >= 15 is 0 Å². The smallest absolute Gasteiger partial charge is 0.113 e. The SMILES string of the molecule is NC(C1=CCCO1)c1ccc(Cl)c(Cl)c1. The lowest BCUT2D eigenvalue weighted by Crippen LogP contribution is -2.13. The summed E-state index contributed by atoms with van der Waals surface area (Å²) < 4.78 is 5.40. The van der Waals surface area contributed by atoms with E-state index in [4.69, 9.17) is 33.7 Å². The first kappa shape index (κ1) is 10.8. The van der Waals surface area contributed by atoms with Gasteiger partial charge in [-0.25, -0.2) is 0 Å². The maximum absolute atomic E-state index is 6.02. The Morgan fingerprint density at radius 1 is 1.27 bits per heavy atom. The van der Waals surface area contributed by atoms with Crippen molar-refractivity contribution >= 4 is 23.2 Å². The number of hydrogen-bond acceptors (Lipinski definition) is 2. The highest BCUT2D eigenvalue weighted by atomic mass is 35.5. The molecule has 1 unspecified atom stereocenters. The predicted octanol–water partition coefficient (Wildman–Crippen LogP) is 3.30. The van der Waals surface area contributed by atoms with Crippen LogP contribution in [-0.2, 0) is 4.74 Å². The van der Waals surface area contributed by atoms with Gasteiger partial charge < -0.3 is 10.5 Å². The molecule has 0 saturated heterocycles. The van der Waals surface area contributed by atoms with Crippen LogP contribution >= 0.6 is 23.2 Å². The van der Waals surface area contributed by atoms with Gasteiger partial charge in [-0.2, -0.15) is 0 Å². The molecular weight excluding hydrogens is 233 g/mol. The van der Waals surface area contributed by atoms with Gasteiger partial charge in [0.1, 0.15) is 5.76 Å². The van der Waals surface area contributed by atoms with Gasteiger partial charge in [0.25, 0.3) is 0 Å². The molecule has 1 aromatic rings. The van der Waals surface area contributed by atoms with E-state index in [1.807, 2.05) is 12.1 Å². The second-order valence-corrected chi connectivity index (χ2v) is 4.21. The van der Waals surface area contributed by atoms with E-state index in [0.717, 1.165) is 17.7 Å². The standard InChI is InChI=1S/C11H11Cl2NO/c12-8-4-3-7(6-9(8)13)11(14)10-2-1-5-15-10/h2-4,6,11H,1,5,14H2. The fourth-order valence-electron chi connectivity index (χ4n) is 1.52. The van der Waals surface area contributed by atoms with Crippen LogP contribution in [0.2, 0.25) is 10.0 Å². The normalized spacial score (nSPS) is 17.1. The summed E-state index contributed by atoms with van der Waals surface area (Å²) in [5, 5.41) is 1.05. The molecule has 0 amide bonds. The van der Waals surface area contributed by atoms with Crippen molar-refractivity contribution in [2.24, 2.45) is 5.73 Å². The van der Waals surface area contributed by atoms with Crippen LogP contribution in [-0.4, -0.2) is 6.61 Å². The van der Waals surface area contributed by atoms with Gasteiger partial charge in [-0.3, -0.25) is 0 Å². The minimum absolute atomic E-state index is 0.248. The van der Waals surface area contributed by atoms with E-state index < -0.39 is 0 Å². The van der Waals surface area contributed by atoms with Crippen molar-refractivity contribution in [3.63, 3.8) is 0 Å². The van der Waals surface area contributed by atoms with Gasteiger partial charge in [0.2, 0.25) is 0 Å². The number of benzene rings is 1. The quantitative estimate of drug-likeness (QED) is 0.866. The van der Waals surface area contributed by atoms with E-state index in [1.54, 1.807) is 12.1 Å². The van der Waals surface area contributed by atoms with Crippen LogP contribution in [0, 0.1) is 0 Å². The molecule has 80 valence electrons. The molecule has 0 spiro atoms. The van der Waals surface area contributed by atoms with Crippen molar-refractivity contribution < 1.29 is 4.74 Å². The molecule has 4 heteroatoms. The van der Waals surface area contributed by atoms with Crippen molar-refractivity contribution in [1.29, 1.82) is 0 Å². The van der Waals surface area contributed by atoms with Gasteiger partial charge >= 0.3 is 0 Å². The van der Waals surface area contributed by atoms with Gasteiger partial charge in [-0.05, 0) is 23.8 Å². The van der Waals surface area contributed by atoms with Gasteiger partial charge in [0.05, 0.1) is 22.7 Å². The molecule has 0 saturated carbocycles. The van der Waals surface area contributed by atoms with E-state index in [9.17, 15) is 0 Å². The summed E-state index contributed by atoms with van der Waals surface area (Å²) in [7, 11) is 0. The summed E-state index contributed by atoms with van der Waals surface area (Å²) in [4.78, 5) is 0. The Labute approximate surface area is 98.6 Å². The average molecular weight is 244 g/mol. The maximum atomic E-state index is 6.02. The van der Waals surface area contributed by atoms with Crippen LogP contribution < -0.4 is 5.73 Å². The monoisotopic (exact) mass is 243 g/mol. The van der Waals surface area contributed by atoms with Crippen molar-refractivity contribution in [3.8, 4) is 0 Å². The molecule has 15 heavy (non-hydrogen) atoms. The molecule has 0 aliphatic carbocycles. The highest BCUT2D eigenvalue weighted by Gasteiger charge is 2.17. The van der Waals surface area contributed by atoms with Crippen molar-refractivity contribution in [3.05, 3.63) is 45.6 Å². The molecule has 1 aliphatic heterocycles. The fourth-order valence-corrected chi connectivity index (χ4v) is 1.83. The minimum Gasteiger partial charge on any atom is -0.496 e. The summed E-state index contributed by atoms with van der Waals surface area (Å²) in [6.45, 7) is 0.713. The minimum atomic E-state index is -0.248. The second-order valence-electron chi connectivity index (χ2n) is 3.39. The molecule has 2 rings (SSSR count). The highest BCUT2D eigenvalue weighted by Crippen LogP contribution is 2.29. The number of nitrogens with two attached hydrogens (primary N) is 1. The first-order chi connectivity index (χ1) is 7.18. The molecule has 2 nitrogen and oxygen atoms in total. The van der Waals surface area contributed by atoms with Crippen LogP contribution in [0.5, 0.6) is 0 Å². The first-order valence-corrected chi connectivity index (χ1v) is 5.47. The Morgan fingerprint density at radius 3 is 2.67 bits per heavy atom. The molecule has 1 aromatic carbocycles. The Kier molecular flexibility index (Phi) is 3.19. The number of halogens is 2. The molecule has 0 radical (unpaired) electrons. The second kappa shape index (κ2) is 4.44. The zero-order valence-electron chi connectivity index (χ0n) is 8.04. The zero-order chi connectivity index (χ0) is 10.8. The summed E-state index contributed by atoms with van der Waals surface area (Å²) in [5.41, 5.74) is 6.94. The van der Waals surface area contributed by atoms with Crippen LogP contribution in [0.4, 0.5) is 0 Å². The summed E-state index contributed by atoms with van der Waals surface area (Å²) in [5.74, 6) is 0.813. The first-order valence-electron chi connectivity index (χ1n) is 4.72. The van der Waals surface area contributed by atoms with E-state index in [1.165, 1.54) is 0 Å². The number of rotatable bonds is 2. The van der Waals surface area contributed by atoms with Crippen molar-refractivity contribution in [2.75, 3.05) is 6.61 Å². The third-order valence-electron chi connectivity index (χ3n) is 2.34. The lowest BCUT2D eigenvalue weighted by Gasteiger charge is -2.14. The maximum Gasteiger partial charge on any atom is 0.113 e. The Morgan fingerprint density at radius 2 is 2.07 bits per heavy atom. The molecule has 1 atom stereocenters. The van der Waals surface area contributed by atoms with Crippen LogP contribution in [0.1, 0.15) is 18.0 Å². The van der Waals surface area contributed by atoms with E-state index in [-0.39, 0.29) is 6.04 Å². The van der Waals surface area contributed by atoms with Crippen molar-refractivity contribution in [1.82, 2.24) is 0 Å². The Hall–Kier alpha value is -0.700. The van der Waals surface area contributed by atoms with E-state index in [0.29, 0.717) is 16.7 Å². The Bertz CT molecular complexity index is 404. The van der Waals surface area contributed by atoms with Gasteiger partial charge in [-0.15, -0.1) is 0 Å². The average Bonchev–Trinajstić information content (AvgIpc) is 2.74. The third-order valence-corrected chi connectivity index (χ3v) is 3.08. The highest BCUT2D eigenvalue weighted by molar-refractivity contribution is 6.42. The molecule has 1 heterocycles. The van der Waals surface area contributed by atoms with E-state index in [2.05, 4.69) is 0 Å². The number of hydrogen-bond donors (Lipinski definition) is 1. The number of ether oxygens (including phenoxy) is 1. The topological polar surface area (TPSA) is 35.2 Å². The molecule has 1 aliphatic rings. The summed E-state index contributed by atoms with van der Waals surface area (Å²) in [6.07, 6.45) is 2.93. The van der Waals surface area contributed by atoms with Gasteiger partial charge in [0, 0.05) is 6.42 Å². The lowest BCUT2D eigenvalue weighted by atomic mass is 10.1. The molecule has 0 fully saturated rings. The predicted molar refractivity (Wildman–Crippen MR) is 62.0 cm³/mol. The van der Waals surface area contributed by atoms with Crippen LogP contribution in [0.3, 0.4) is 0 Å². The third kappa shape index (κ3) is 2.28. The fraction of sp³-hybridized carbons (Fsp3) is 0.273. The molecular formula is C11H11Cl2NO. The molecule has 0 aromatic heterocycles. The largest absolute Gasteiger partial charge is 0.496 e. The lowest BCUT2D eigenvalue weighted by molar-refractivity contribution is 0.225. The van der Waals surface area contributed by atoms with Gasteiger partial charge in [-0.1, -0.05) is 29.3 Å². The van der Waals surface area contributed by atoms with Crippen LogP contribution in [0.15, 0.2) is 30.0 Å². The van der Waals surface area contributed by atoms with Crippen LogP contribution in [0.25, 0.3) is 0 Å². The molecule has 0 bridgehead atoms. The van der Waals surface area contributed by atoms with Crippen molar-refractivity contribution in [2.45, 2.75) is 12.5 Å².